The average molecular weight is 243 g/mol. The van der Waals surface area contributed by atoms with E-state index in [1.807, 2.05) is 24.3 Å². The molecule has 91 valence electrons. The minimum Gasteiger partial charge on any atom is -0.537 e. The molecule has 0 atom stereocenters. The predicted molar refractivity (Wildman–Crippen MR) is 68.1 cm³/mol. The SMILES string of the molecule is COc1ccc(Oc2ccc(O[B]O)cc2)cc1. The van der Waals surface area contributed by atoms with E-state index < -0.39 is 0 Å². The van der Waals surface area contributed by atoms with Crippen molar-refractivity contribution < 1.29 is 19.2 Å². The van der Waals surface area contributed by atoms with Crippen molar-refractivity contribution in [2.24, 2.45) is 0 Å². The van der Waals surface area contributed by atoms with Crippen molar-refractivity contribution >= 4 is 7.69 Å². The van der Waals surface area contributed by atoms with Crippen molar-refractivity contribution in [3.63, 3.8) is 0 Å². The molecule has 0 saturated heterocycles. The maximum Gasteiger partial charge on any atom is 0.569 e. The number of benzene rings is 2. The van der Waals surface area contributed by atoms with Gasteiger partial charge in [0.2, 0.25) is 0 Å². The molecule has 2 rings (SSSR count). The highest BCUT2D eigenvalue weighted by Crippen LogP contribution is 2.25. The third-order valence-electron chi connectivity index (χ3n) is 2.31. The number of hydrogen-bond acceptors (Lipinski definition) is 4. The lowest BCUT2D eigenvalue weighted by molar-refractivity contribution is 0.413. The molecule has 0 amide bonds. The zero-order valence-electron chi connectivity index (χ0n) is 9.87. The highest BCUT2D eigenvalue weighted by atomic mass is 16.5. The molecule has 0 saturated carbocycles. The second-order valence-electron chi connectivity index (χ2n) is 3.47. The van der Waals surface area contributed by atoms with Crippen LogP contribution in [-0.4, -0.2) is 19.8 Å². The number of ether oxygens (including phenoxy) is 2. The van der Waals surface area contributed by atoms with E-state index in [2.05, 4.69) is 0 Å². The molecule has 0 unspecified atom stereocenters. The summed E-state index contributed by atoms with van der Waals surface area (Å²) in [6, 6.07) is 14.2. The summed E-state index contributed by atoms with van der Waals surface area (Å²) in [6.45, 7) is 0. The van der Waals surface area contributed by atoms with Crippen LogP contribution in [0.5, 0.6) is 23.0 Å². The first-order chi connectivity index (χ1) is 8.81. The maximum absolute atomic E-state index is 8.48. The quantitative estimate of drug-likeness (QED) is 0.819. The Hall–Kier alpha value is -2.14. The monoisotopic (exact) mass is 243 g/mol. The van der Waals surface area contributed by atoms with Crippen LogP contribution in [0, 0.1) is 0 Å². The van der Waals surface area contributed by atoms with Crippen LogP contribution in [0.1, 0.15) is 0 Å². The Morgan fingerprint density at radius 1 is 0.778 bits per heavy atom. The second-order valence-corrected chi connectivity index (χ2v) is 3.47. The molecular formula is C13H12BO4. The topological polar surface area (TPSA) is 47.9 Å². The van der Waals surface area contributed by atoms with Crippen LogP contribution in [0.15, 0.2) is 48.5 Å². The Kier molecular flexibility index (Phi) is 4.09. The molecule has 2 aromatic carbocycles. The van der Waals surface area contributed by atoms with Crippen LogP contribution in [-0.2, 0) is 0 Å². The van der Waals surface area contributed by atoms with Gasteiger partial charge in [0, 0.05) is 0 Å². The molecule has 0 spiro atoms. The van der Waals surface area contributed by atoms with Crippen molar-refractivity contribution in [2.45, 2.75) is 0 Å². The largest absolute Gasteiger partial charge is 0.569 e. The van der Waals surface area contributed by atoms with Crippen LogP contribution in [0.4, 0.5) is 0 Å². The maximum atomic E-state index is 8.48. The summed E-state index contributed by atoms with van der Waals surface area (Å²) in [5.74, 6) is 2.73. The molecule has 1 radical (unpaired) electrons. The molecule has 0 bridgehead atoms. The van der Waals surface area contributed by atoms with Gasteiger partial charge in [-0.3, -0.25) is 0 Å². The van der Waals surface area contributed by atoms with Gasteiger partial charge in [-0.15, -0.1) is 0 Å². The molecule has 1 N–H and O–H groups in total. The van der Waals surface area contributed by atoms with Crippen LogP contribution in [0.2, 0.25) is 0 Å². The summed E-state index contributed by atoms with van der Waals surface area (Å²) in [5, 5.41) is 8.48. The fourth-order valence-corrected chi connectivity index (χ4v) is 1.43. The predicted octanol–water partition coefficient (Wildman–Crippen LogP) is 2.39. The van der Waals surface area contributed by atoms with E-state index >= 15 is 0 Å². The van der Waals surface area contributed by atoms with Crippen LogP contribution in [0.3, 0.4) is 0 Å². The molecular weight excluding hydrogens is 231 g/mol. The van der Waals surface area contributed by atoms with Crippen molar-refractivity contribution in [3.8, 4) is 23.0 Å². The normalized spacial score (nSPS) is 9.67. The van der Waals surface area contributed by atoms with Crippen molar-refractivity contribution in [1.82, 2.24) is 0 Å². The fourth-order valence-electron chi connectivity index (χ4n) is 1.43. The van der Waals surface area contributed by atoms with E-state index in [0.29, 0.717) is 19.2 Å². The average Bonchev–Trinajstić information content (AvgIpc) is 2.42. The Bertz CT molecular complexity index is 481. The highest BCUT2D eigenvalue weighted by molar-refractivity contribution is 6.17. The van der Waals surface area contributed by atoms with Gasteiger partial charge in [0.05, 0.1) is 7.11 Å². The molecule has 18 heavy (non-hydrogen) atoms. The van der Waals surface area contributed by atoms with Gasteiger partial charge in [-0.05, 0) is 48.5 Å². The molecule has 0 fully saturated rings. The summed E-state index contributed by atoms with van der Waals surface area (Å²) >= 11 is 0. The summed E-state index contributed by atoms with van der Waals surface area (Å²) in [5.41, 5.74) is 0. The standard InChI is InChI=1S/C13H12BO4/c1-16-10-2-4-11(5-3-10)17-12-6-8-13(9-7-12)18-14-15/h2-9,15H,1H3. The van der Waals surface area contributed by atoms with E-state index in [4.69, 9.17) is 19.2 Å². The van der Waals surface area contributed by atoms with Gasteiger partial charge in [-0.2, -0.15) is 0 Å². The Balaban J connectivity index is 2.03. The minimum atomic E-state index is 0.541. The van der Waals surface area contributed by atoms with Gasteiger partial charge in [0.15, 0.2) is 0 Å². The first-order valence-electron chi connectivity index (χ1n) is 5.36. The van der Waals surface area contributed by atoms with Gasteiger partial charge in [0.1, 0.15) is 23.0 Å². The molecule has 0 aliphatic carbocycles. The first kappa shape index (κ1) is 12.3. The molecule has 0 heterocycles. The number of hydrogen-bond donors (Lipinski definition) is 1. The van der Waals surface area contributed by atoms with Crippen molar-refractivity contribution in [2.75, 3.05) is 7.11 Å². The third-order valence-corrected chi connectivity index (χ3v) is 2.31. The Labute approximate surface area is 106 Å². The van der Waals surface area contributed by atoms with Gasteiger partial charge in [0.25, 0.3) is 0 Å². The van der Waals surface area contributed by atoms with E-state index in [1.54, 1.807) is 31.4 Å². The Morgan fingerprint density at radius 2 is 1.22 bits per heavy atom. The zero-order valence-corrected chi connectivity index (χ0v) is 9.87. The number of methoxy groups -OCH3 is 1. The minimum absolute atomic E-state index is 0.541. The van der Waals surface area contributed by atoms with Crippen LogP contribution >= 0.6 is 0 Å². The van der Waals surface area contributed by atoms with Gasteiger partial charge >= 0.3 is 7.69 Å². The van der Waals surface area contributed by atoms with Crippen LogP contribution < -0.4 is 14.1 Å². The molecule has 2 aromatic rings. The highest BCUT2D eigenvalue weighted by Gasteiger charge is 1.99. The lowest BCUT2D eigenvalue weighted by atomic mass is 10.3. The van der Waals surface area contributed by atoms with Gasteiger partial charge in [-0.1, -0.05) is 0 Å². The van der Waals surface area contributed by atoms with Crippen molar-refractivity contribution in [1.29, 1.82) is 0 Å². The first-order valence-corrected chi connectivity index (χ1v) is 5.36. The van der Waals surface area contributed by atoms with E-state index in [9.17, 15) is 0 Å². The summed E-state index contributed by atoms with van der Waals surface area (Å²) in [4.78, 5) is 0. The Morgan fingerprint density at radius 3 is 1.67 bits per heavy atom. The van der Waals surface area contributed by atoms with Gasteiger partial charge in [-0.25, -0.2) is 0 Å². The molecule has 0 aliphatic heterocycles. The number of rotatable bonds is 5. The molecule has 0 aliphatic rings. The van der Waals surface area contributed by atoms with E-state index in [-0.39, 0.29) is 0 Å². The lowest BCUT2D eigenvalue weighted by Gasteiger charge is -2.07. The summed E-state index contributed by atoms with van der Waals surface area (Å²) < 4.78 is 15.5. The van der Waals surface area contributed by atoms with Crippen LogP contribution in [0.25, 0.3) is 0 Å². The van der Waals surface area contributed by atoms with Crippen molar-refractivity contribution in [3.05, 3.63) is 48.5 Å². The molecule has 4 nitrogen and oxygen atoms in total. The third kappa shape index (κ3) is 3.18. The summed E-state index contributed by atoms with van der Waals surface area (Å²) in [6.07, 6.45) is 0. The lowest BCUT2D eigenvalue weighted by Crippen LogP contribution is -1.99. The molecule has 0 aromatic heterocycles. The summed E-state index contributed by atoms with van der Waals surface area (Å²) in [7, 11) is 2.26. The fraction of sp³-hybridized carbons (Fsp3) is 0.0769. The molecule has 5 heteroatoms. The zero-order chi connectivity index (χ0) is 12.8. The van der Waals surface area contributed by atoms with E-state index in [1.165, 1.54) is 0 Å². The van der Waals surface area contributed by atoms with E-state index in [0.717, 1.165) is 11.5 Å². The second kappa shape index (κ2) is 5.98. The smallest absolute Gasteiger partial charge is 0.537 e. The van der Waals surface area contributed by atoms with Gasteiger partial charge < -0.3 is 19.2 Å².